The maximum Gasteiger partial charge on any atom is 0.394 e. The highest BCUT2D eigenvalue weighted by atomic mass is 35.5. The molecular formula is C2HCl2F3O. The molecule has 1 unspecified atom stereocenters. The lowest BCUT2D eigenvalue weighted by molar-refractivity contribution is -0.148. The van der Waals surface area contributed by atoms with E-state index in [1.165, 1.54) is 0 Å². The third kappa shape index (κ3) is 2.07. The van der Waals surface area contributed by atoms with Crippen molar-refractivity contribution in [2.45, 2.75) is 10.7 Å². The van der Waals surface area contributed by atoms with Crippen LogP contribution in [0.15, 0.2) is 0 Å². The maximum absolute atomic E-state index is 11.3. The van der Waals surface area contributed by atoms with Crippen LogP contribution in [0.25, 0.3) is 0 Å². The standard InChI is InChI=1S/C2HCl2F3O/c3-1(5,6)2(4,7)8/h8H. The highest BCUT2D eigenvalue weighted by Crippen LogP contribution is 2.36. The third-order valence-electron chi connectivity index (χ3n) is 0.341. The van der Waals surface area contributed by atoms with Crippen molar-refractivity contribution in [3.63, 3.8) is 0 Å². The molecular weight excluding hydrogens is 168 g/mol. The zero-order valence-electron chi connectivity index (χ0n) is 3.34. The summed E-state index contributed by atoms with van der Waals surface area (Å²) in [5, 5.41) is -1.02. The van der Waals surface area contributed by atoms with Crippen molar-refractivity contribution in [3.05, 3.63) is 0 Å². The number of hydrogen-bond acceptors (Lipinski definition) is 1. The first-order valence-electron chi connectivity index (χ1n) is 1.42. The first kappa shape index (κ1) is 8.33. The van der Waals surface area contributed by atoms with E-state index in [2.05, 4.69) is 23.2 Å². The van der Waals surface area contributed by atoms with Gasteiger partial charge in [-0.05, 0) is 23.2 Å². The van der Waals surface area contributed by atoms with Crippen LogP contribution < -0.4 is 0 Å². The fourth-order valence-electron chi connectivity index (χ4n) is 0. The average Bonchev–Trinajstić information content (AvgIpc) is 1.25. The molecule has 6 heteroatoms. The van der Waals surface area contributed by atoms with E-state index in [-0.39, 0.29) is 0 Å². The summed E-state index contributed by atoms with van der Waals surface area (Å²) in [6.07, 6.45) is 0. The minimum absolute atomic E-state index is 3.92. The molecule has 0 heterocycles. The Bertz CT molecular complexity index is 70.3. The van der Waals surface area contributed by atoms with E-state index in [0.717, 1.165) is 0 Å². The smallest absolute Gasteiger partial charge is 0.344 e. The lowest BCUT2D eigenvalue weighted by Crippen LogP contribution is -2.33. The SMILES string of the molecule is OC(F)(Cl)C(F)(F)Cl. The summed E-state index contributed by atoms with van der Waals surface area (Å²) in [7, 11) is 0. The number of aliphatic hydroxyl groups is 1. The summed E-state index contributed by atoms with van der Waals surface area (Å²) in [6, 6.07) is 0. The van der Waals surface area contributed by atoms with Crippen LogP contribution in [0.3, 0.4) is 0 Å². The van der Waals surface area contributed by atoms with E-state index in [1.54, 1.807) is 0 Å². The molecule has 0 spiro atoms. The van der Waals surface area contributed by atoms with Gasteiger partial charge < -0.3 is 5.11 Å². The highest BCUT2D eigenvalue weighted by molar-refractivity contribution is 6.31. The topological polar surface area (TPSA) is 20.2 Å². The maximum atomic E-state index is 11.3. The Morgan fingerprint density at radius 2 is 1.25 bits per heavy atom. The van der Waals surface area contributed by atoms with Crippen LogP contribution >= 0.6 is 23.2 Å². The summed E-state index contributed by atoms with van der Waals surface area (Å²) in [5.74, 6) is 0. The summed E-state index contributed by atoms with van der Waals surface area (Å²) in [4.78, 5) is 0. The van der Waals surface area contributed by atoms with Crippen LogP contribution in [0, 0.1) is 0 Å². The zero-order chi connectivity index (χ0) is 7.00. The number of halogens is 5. The highest BCUT2D eigenvalue weighted by Gasteiger charge is 2.51. The van der Waals surface area contributed by atoms with Crippen LogP contribution in [0.1, 0.15) is 0 Å². The van der Waals surface area contributed by atoms with E-state index < -0.39 is 10.7 Å². The Kier molecular flexibility index (Phi) is 2.01. The van der Waals surface area contributed by atoms with Gasteiger partial charge in [0.2, 0.25) is 0 Å². The van der Waals surface area contributed by atoms with Gasteiger partial charge in [-0.2, -0.15) is 13.2 Å². The predicted molar refractivity (Wildman–Crippen MR) is 22.7 cm³/mol. The van der Waals surface area contributed by atoms with Gasteiger partial charge in [0.25, 0.3) is 0 Å². The second-order valence-electron chi connectivity index (χ2n) is 1.04. The summed E-state index contributed by atoms with van der Waals surface area (Å²) in [6.45, 7) is 0. The van der Waals surface area contributed by atoms with Gasteiger partial charge in [-0.15, -0.1) is 0 Å². The summed E-state index contributed by atoms with van der Waals surface area (Å²) in [5.41, 5.74) is 0. The normalized spacial score (nSPS) is 20.2. The van der Waals surface area contributed by atoms with Gasteiger partial charge in [0, 0.05) is 0 Å². The molecule has 0 aromatic carbocycles. The second-order valence-corrected chi connectivity index (χ2v) is 2.01. The van der Waals surface area contributed by atoms with Gasteiger partial charge in [0.05, 0.1) is 0 Å². The van der Waals surface area contributed by atoms with Crippen molar-refractivity contribution in [1.82, 2.24) is 0 Å². The van der Waals surface area contributed by atoms with Crippen LogP contribution in [-0.2, 0) is 0 Å². The Hall–Kier alpha value is 0.330. The quantitative estimate of drug-likeness (QED) is 0.591. The molecule has 0 aliphatic rings. The molecule has 1 N–H and O–H groups in total. The Balaban J connectivity index is 4.02. The number of rotatable bonds is 1. The molecule has 0 aromatic rings. The van der Waals surface area contributed by atoms with E-state index in [0.29, 0.717) is 0 Å². The molecule has 8 heavy (non-hydrogen) atoms. The predicted octanol–water partition coefficient (Wildman–Crippen LogP) is 1.67. The van der Waals surface area contributed by atoms with Crippen molar-refractivity contribution >= 4 is 23.2 Å². The largest absolute Gasteiger partial charge is 0.394 e. The zero-order valence-corrected chi connectivity index (χ0v) is 4.85. The lowest BCUT2D eigenvalue weighted by Gasteiger charge is -2.14. The minimum atomic E-state index is -4.44. The van der Waals surface area contributed by atoms with Crippen molar-refractivity contribution in [3.8, 4) is 0 Å². The molecule has 0 amide bonds. The molecule has 1 nitrogen and oxygen atoms in total. The van der Waals surface area contributed by atoms with Crippen molar-refractivity contribution in [1.29, 1.82) is 0 Å². The van der Waals surface area contributed by atoms with Gasteiger partial charge in [-0.1, -0.05) is 0 Å². The second kappa shape index (κ2) is 1.93. The Labute approximate surface area is 53.0 Å². The molecule has 0 aromatic heterocycles. The summed E-state index contributed by atoms with van der Waals surface area (Å²) < 4.78 is 33.8. The Morgan fingerprint density at radius 3 is 1.25 bits per heavy atom. The molecule has 0 aliphatic carbocycles. The van der Waals surface area contributed by atoms with Crippen LogP contribution in [-0.4, -0.2) is 15.8 Å². The van der Waals surface area contributed by atoms with Gasteiger partial charge in [0.15, 0.2) is 0 Å². The van der Waals surface area contributed by atoms with E-state index in [4.69, 9.17) is 5.11 Å². The molecule has 0 rings (SSSR count). The van der Waals surface area contributed by atoms with E-state index >= 15 is 0 Å². The van der Waals surface area contributed by atoms with Crippen molar-refractivity contribution < 1.29 is 18.3 Å². The molecule has 0 bridgehead atoms. The van der Waals surface area contributed by atoms with Gasteiger partial charge in [-0.3, -0.25) is 0 Å². The van der Waals surface area contributed by atoms with Crippen LogP contribution in [0.4, 0.5) is 13.2 Å². The van der Waals surface area contributed by atoms with Gasteiger partial charge in [-0.25, -0.2) is 0 Å². The monoisotopic (exact) mass is 168 g/mol. The summed E-state index contributed by atoms with van der Waals surface area (Å²) >= 11 is 7.94. The Morgan fingerprint density at radius 1 is 1.12 bits per heavy atom. The molecule has 0 aliphatic heterocycles. The van der Waals surface area contributed by atoms with Crippen molar-refractivity contribution in [2.75, 3.05) is 0 Å². The first-order chi connectivity index (χ1) is 3.25. The molecule has 1 atom stereocenters. The van der Waals surface area contributed by atoms with E-state index in [1.807, 2.05) is 0 Å². The number of alkyl halides is 5. The average molecular weight is 169 g/mol. The van der Waals surface area contributed by atoms with E-state index in [9.17, 15) is 13.2 Å². The van der Waals surface area contributed by atoms with Crippen LogP contribution in [0.5, 0.6) is 0 Å². The van der Waals surface area contributed by atoms with Crippen LogP contribution in [0.2, 0.25) is 0 Å². The third-order valence-corrected chi connectivity index (χ3v) is 0.926. The molecule has 50 valence electrons. The molecule has 0 saturated carbocycles. The minimum Gasteiger partial charge on any atom is -0.344 e. The lowest BCUT2D eigenvalue weighted by atomic mass is 10.7. The fraction of sp³-hybridized carbons (Fsp3) is 1.00. The molecule has 0 radical (unpaired) electrons. The first-order valence-corrected chi connectivity index (χ1v) is 2.17. The van der Waals surface area contributed by atoms with Gasteiger partial charge >= 0.3 is 10.7 Å². The fourth-order valence-corrected chi connectivity index (χ4v) is 0. The number of hydrogen-bond donors (Lipinski definition) is 1. The molecule has 0 fully saturated rings. The molecule has 0 saturated heterocycles. The van der Waals surface area contributed by atoms with Gasteiger partial charge in [0.1, 0.15) is 0 Å². The van der Waals surface area contributed by atoms with Crippen molar-refractivity contribution in [2.24, 2.45) is 0 Å².